The van der Waals surface area contributed by atoms with Crippen molar-refractivity contribution in [2.75, 3.05) is 86.0 Å². The predicted octanol–water partition coefficient (Wildman–Crippen LogP) is -3.85. The van der Waals surface area contributed by atoms with Crippen LogP contribution in [0.25, 0.3) is 0 Å². The van der Waals surface area contributed by atoms with Crippen LogP contribution in [0.1, 0.15) is 26.2 Å². The third kappa shape index (κ3) is 46.1. The minimum Gasteiger partial charge on any atom is -0.529 e. The van der Waals surface area contributed by atoms with Crippen LogP contribution in [0.2, 0.25) is 0 Å². The largest absolute Gasteiger partial charge is 0.529 e. The maximum absolute atomic E-state index is 11.6. The monoisotopic (exact) mass is 1350 g/mol. The Kier molecular flexibility index (Phi) is 49.6. The quantitative estimate of drug-likeness (QED) is 0.0183. The van der Waals surface area contributed by atoms with Gasteiger partial charge in [-0.05, 0) is 20.0 Å². The molecular weight excluding hydrogens is 1300 g/mol. The Morgan fingerprint density at radius 2 is 1.26 bits per heavy atom. The summed E-state index contributed by atoms with van der Waals surface area (Å²) < 4.78 is 16.4. The van der Waals surface area contributed by atoms with Gasteiger partial charge in [-0.15, -0.1) is 0 Å². The number of carbonyl (C=O) groups excluding carboxylic acids is 6. The van der Waals surface area contributed by atoms with E-state index < -0.39 is 5.54 Å². The first-order valence-corrected chi connectivity index (χ1v) is 12.7. The topological polar surface area (TPSA) is 228 Å². The molecular formula is C24H46Fm3N7O9-3. The van der Waals surface area contributed by atoms with Gasteiger partial charge in [-0.3, -0.25) is 9.59 Å². The molecule has 0 aliphatic heterocycles. The molecule has 0 saturated carbocycles. The molecule has 0 aromatic rings. The summed E-state index contributed by atoms with van der Waals surface area (Å²) in [5.74, 6) is -0.181. The number of rotatable bonds is 27. The first-order chi connectivity index (χ1) is 19.4. The standard InChI is InChI=1S/C16H30N3O6.C4H7N2O2.C4H9N2O.3Fm/c1-2-8-23-11-16(17,12-24-9-3-7-20)13-25-10-4-15(22)19-6-5-18-14-21;7-3-5-1-2-6-4-8;1-5-2-3-6-4-7;;;/h7H,2-6,8-13,17H2,1H3,(H,18,21)(H,19,22);3H,1-2H2,(H,5,7)(H,6,8);5H,2-3H2,1H3,(H,6,7);;;/q3*-1;;;. The van der Waals surface area contributed by atoms with Crippen LogP contribution in [0.15, 0.2) is 0 Å². The second-order valence-corrected chi connectivity index (χ2v) is 7.84. The maximum atomic E-state index is 11.6. The van der Waals surface area contributed by atoms with Gasteiger partial charge in [0.2, 0.25) is 12.3 Å². The maximum Gasteiger partial charge on any atom is 0.222 e. The van der Waals surface area contributed by atoms with E-state index in [0.29, 0.717) is 58.8 Å². The molecule has 0 rings (SSSR count). The van der Waals surface area contributed by atoms with Crippen molar-refractivity contribution in [3.63, 3.8) is 0 Å². The van der Waals surface area contributed by atoms with Crippen molar-refractivity contribution in [2.45, 2.75) is 31.7 Å². The number of aldehydes is 1. The van der Waals surface area contributed by atoms with E-state index in [1.54, 1.807) is 6.41 Å². The van der Waals surface area contributed by atoms with Crippen LogP contribution in [0.3, 0.4) is 0 Å². The van der Waals surface area contributed by atoms with E-state index in [0.717, 1.165) is 19.3 Å². The first kappa shape index (κ1) is 49.7. The van der Waals surface area contributed by atoms with E-state index in [-0.39, 0.29) is 38.8 Å². The molecule has 0 aromatic carbocycles. The third-order valence-corrected chi connectivity index (χ3v) is 4.14. The van der Waals surface area contributed by atoms with Gasteiger partial charge in [0.15, 0.2) is 0 Å². The fraction of sp³-hybridized carbons (Fsp3) is 0.750. The van der Waals surface area contributed by atoms with Gasteiger partial charge < -0.3 is 71.0 Å². The van der Waals surface area contributed by atoms with Crippen molar-refractivity contribution in [1.29, 1.82) is 0 Å². The fourth-order valence-corrected chi connectivity index (χ4v) is 2.28. The molecule has 5 amide bonds. The van der Waals surface area contributed by atoms with E-state index in [9.17, 15) is 28.8 Å². The summed E-state index contributed by atoms with van der Waals surface area (Å²) in [7, 11) is 1.83. The Hall–Kier alpha value is -6.18. The van der Waals surface area contributed by atoms with Crippen molar-refractivity contribution in [2.24, 2.45) is 5.73 Å². The first-order valence-electron chi connectivity index (χ1n) is 12.7. The van der Waals surface area contributed by atoms with Crippen molar-refractivity contribution in [3.8, 4) is 0 Å². The molecule has 0 saturated heterocycles. The number of hydrogen-bond donors (Lipinski definition) is 7. The van der Waals surface area contributed by atoms with E-state index in [4.69, 9.17) is 19.9 Å². The number of carbonyl (C=O) groups is 3. The fourth-order valence-electron chi connectivity index (χ4n) is 2.28. The Balaban J connectivity index is -0.000000157. The van der Waals surface area contributed by atoms with Crippen LogP contribution in [0.5, 0.6) is 0 Å². The number of likely N-dealkylation sites (N-methyl/N-ethyl adjacent to an activating group) is 1. The molecule has 0 bridgehead atoms. The summed E-state index contributed by atoms with van der Waals surface area (Å²) in [4.78, 5) is 60.2. The molecule has 0 heterocycles. The predicted molar refractivity (Wildman–Crippen MR) is 147 cm³/mol. The van der Waals surface area contributed by atoms with Crippen LogP contribution < -0.4 is 37.6 Å². The van der Waals surface area contributed by atoms with E-state index >= 15 is 0 Å². The van der Waals surface area contributed by atoms with Crippen molar-refractivity contribution < 1.29 is 43.0 Å². The molecule has 1 unspecified atom stereocenters. The van der Waals surface area contributed by atoms with Crippen LogP contribution in [0.4, 0.5) is 0 Å². The molecule has 0 aliphatic rings. The molecule has 0 fully saturated rings. The molecule has 0 spiro atoms. The summed E-state index contributed by atoms with van der Waals surface area (Å²) in [5.41, 5.74) is 5.41. The number of nitrogens with two attached hydrogens (primary N) is 1. The van der Waals surface area contributed by atoms with Crippen molar-refractivity contribution >= 4 is 37.8 Å². The summed E-state index contributed by atoms with van der Waals surface area (Å²) in [6.45, 7) is 6.73. The Labute approximate surface area is 236 Å². The number of nitrogens with one attached hydrogen (secondary N) is 6. The average molecular weight is 1350 g/mol. The second kappa shape index (κ2) is 42.9. The van der Waals surface area contributed by atoms with E-state index in [1.165, 1.54) is 12.8 Å². The molecule has 8 N–H and O–H groups in total. The van der Waals surface area contributed by atoms with E-state index in [2.05, 4.69) is 31.9 Å². The number of amides is 5. The molecule has 19 heteroatoms. The van der Waals surface area contributed by atoms with Gasteiger partial charge in [-0.1, -0.05) is 6.92 Å². The smallest absolute Gasteiger partial charge is 0.222 e. The molecule has 1 atom stereocenters. The summed E-state index contributed by atoms with van der Waals surface area (Å²) in [5, 5.41) is 14.8. The van der Waals surface area contributed by atoms with Gasteiger partial charge in [0, 0.05) is 52.2 Å². The molecule has 0 radical (unpaired) electrons. The van der Waals surface area contributed by atoms with Crippen molar-refractivity contribution in [3.05, 3.63) is 0 Å². The van der Waals surface area contributed by atoms with Gasteiger partial charge in [0.1, 0.15) is 6.29 Å². The summed E-state index contributed by atoms with van der Waals surface area (Å²) in [6, 6.07) is 0. The van der Waals surface area contributed by atoms with Crippen LogP contribution >= 0.6 is 0 Å². The second-order valence-electron chi connectivity index (χ2n) is 7.84. The molecule has 16 nitrogen and oxygen atoms in total. The van der Waals surface area contributed by atoms with Gasteiger partial charge in [0.05, 0.1) is 38.6 Å². The van der Waals surface area contributed by atoms with Crippen LogP contribution in [0, 0.1) is 0 Å². The SMILES string of the molecule is CCCOCC(N)(COCCC=O)COCCC(=O)NCCN[C-]=O.CNCCN[C-]=O.O=[C-]NCCNC=O.[Fm].[Fm].[Fm]. The third-order valence-electron chi connectivity index (χ3n) is 4.14. The summed E-state index contributed by atoms with van der Waals surface area (Å²) >= 11 is 0. The van der Waals surface area contributed by atoms with Gasteiger partial charge in [-0.2, -0.15) is 19.2 Å². The average Bonchev–Trinajstić information content (AvgIpc) is 2.95. The molecule has 270 valence electrons. The molecule has 43 heavy (non-hydrogen) atoms. The Morgan fingerprint density at radius 3 is 1.72 bits per heavy atom. The van der Waals surface area contributed by atoms with E-state index in [1.807, 2.05) is 14.0 Å². The van der Waals surface area contributed by atoms with Gasteiger partial charge in [0.25, 0.3) is 0 Å². The zero-order valence-corrected chi connectivity index (χ0v) is 31.6. The molecule has 0 aromatic heterocycles. The zero-order valence-electron chi connectivity index (χ0n) is 24.4. The van der Waals surface area contributed by atoms with Crippen molar-refractivity contribution in [1.82, 2.24) is 31.9 Å². The normalized spacial score (nSPS) is 10.3. The Morgan fingerprint density at radius 1 is 0.767 bits per heavy atom. The van der Waals surface area contributed by atoms with Crippen LogP contribution in [-0.2, 0) is 43.0 Å². The number of hydrogen-bond acceptors (Lipinski definition) is 11. The number of ether oxygens (including phenoxy) is 3. The minimum atomic E-state index is -0.835. The van der Waals surface area contributed by atoms with Crippen LogP contribution in [-0.4, -0.2) is 129 Å². The summed E-state index contributed by atoms with van der Waals surface area (Å²) in [6.07, 6.45) is 7.28. The van der Waals surface area contributed by atoms with Gasteiger partial charge >= 0.3 is 0 Å². The zero-order chi connectivity index (χ0) is 30.6. The Bertz CT molecular complexity index is 625. The minimum absolute atomic E-state index is 0. The van der Waals surface area contributed by atoms with Gasteiger partial charge in [-0.25, -0.2) is 0 Å². The molecule has 0 aliphatic carbocycles.